The van der Waals surface area contributed by atoms with Gasteiger partial charge in [-0.05, 0) is 25.3 Å². The summed E-state index contributed by atoms with van der Waals surface area (Å²) in [6.07, 6.45) is 4.92. The molecular weight excluding hydrogens is 146 g/mol. The van der Waals surface area contributed by atoms with E-state index < -0.39 is 0 Å². The molecule has 1 heteroatoms. The van der Waals surface area contributed by atoms with Crippen LogP contribution in [0.3, 0.4) is 0 Å². The second kappa shape index (κ2) is 4.46. The molecule has 0 radical (unpaired) electrons. The zero-order valence-corrected chi connectivity index (χ0v) is 8.41. The number of rotatable bonds is 0. The highest BCUT2D eigenvalue weighted by Crippen LogP contribution is 2.25. The summed E-state index contributed by atoms with van der Waals surface area (Å²) >= 11 is 0. The van der Waals surface area contributed by atoms with Crippen LogP contribution in [0.15, 0.2) is 22.8 Å². The number of hydrogen-bond acceptors (Lipinski definition) is 1. The van der Waals surface area contributed by atoms with Crippen molar-refractivity contribution in [2.24, 2.45) is 0 Å². The Balaban J connectivity index is 0.000000336. The Hall–Kier alpha value is -0.560. The van der Waals surface area contributed by atoms with Crippen molar-refractivity contribution < 1.29 is 0 Å². The Morgan fingerprint density at radius 3 is 2.67 bits per heavy atom. The Morgan fingerprint density at radius 1 is 1.17 bits per heavy atom. The predicted molar refractivity (Wildman–Crippen MR) is 54.2 cm³/mol. The summed E-state index contributed by atoms with van der Waals surface area (Å²) in [4.78, 5) is 0. The summed E-state index contributed by atoms with van der Waals surface area (Å²) in [5, 5.41) is 3.37. The van der Waals surface area contributed by atoms with E-state index >= 15 is 0 Å². The van der Waals surface area contributed by atoms with Gasteiger partial charge in [0.1, 0.15) is 0 Å². The molecule has 0 spiro atoms. The topological polar surface area (TPSA) is 12.0 Å². The summed E-state index contributed by atoms with van der Waals surface area (Å²) < 4.78 is 0. The van der Waals surface area contributed by atoms with Gasteiger partial charge in [0.15, 0.2) is 0 Å². The second-order valence-electron chi connectivity index (χ2n) is 3.22. The first-order valence-electron chi connectivity index (χ1n) is 4.95. The van der Waals surface area contributed by atoms with E-state index in [9.17, 15) is 0 Å². The zero-order chi connectivity index (χ0) is 8.97. The summed E-state index contributed by atoms with van der Waals surface area (Å²) in [5.74, 6) is 0. The van der Waals surface area contributed by atoms with Crippen LogP contribution in [-0.4, -0.2) is 13.1 Å². The lowest BCUT2D eigenvalue weighted by molar-refractivity contribution is 0.833. The fraction of sp³-hybridized carbons (Fsp3) is 0.636. The van der Waals surface area contributed by atoms with Gasteiger partial charge in [-0.15, -0.1) is 0 Å². The van der Waals surface area contributed by atoms with Gasteiger partial charge in [0.25, 0.3) is 0 Å². The van der Waals surface area contributed by atoms with Crippen molar-refractivity contribution in [3.05, 3.63) is 22.8 Å². The second-order valence-corrected chi connectivity index (χ2v) is 3.22. The smallest absolute Gasteiger partial charge is 0.0208 e. The molecule has 0 fully saturated rings. The molecule has 1 heterocycles. The molecule has 0 bridgehead atoms. The van der Waals surface area contributed by atoms with Gasteiger partial charge in [0, 0.05) is 13.1 Å². The van der Waals surface area contributed by atoms with E-state index in [-0.39, 0.29) is 0 Å². The van der Waals surface area contributed by atoms with E-state index in [0.29, 0.717) is 0 Å². The van der Waals surface area contributed by atoms with Crippen LogP contribution >= 0.6 is 0 Å². The summed E-state index contributed by atoms with van der Waals surface area (Å²) in [6.45, 7) is 8.47. The minimum Gasteiger partial charge on any atom is -0.309 e. The van der Waals surface area contributed by atoms with Crippen molar-refractivity contribution in [3.63, 3.8) is 0 Å². The van der Waals surface area contributed by atoms with Gasteiger partial charge in [0.2, 0.25) is 0 Å². The summed E-state index contributed by atoms with van der Waals surface area (Å²) in [6, 6.07) is 0. The molecule has 12 heavy (non-hydrogen) atoms. The van der Waals surface area contributed by atoms with Gasteiger partial charge in [-0.3, -0.25) is 0 Å². The van der Waals surface area contributed by atoms with Gasteiger partial charge in [-0.25, -0.2) is 0 Å². The molecule has 1 N–H and O–H groups in total. The van der Waals surface area contributed by atoms with Crippen LogP contribution in [0.25, 0.3) is 0 Å². The van der Waals surface area contributed by atoms with Crippen LogP contribution in [-0.2, 0) is 0 Å². The van der Waals surface area contributed by atoms with Crippen molar-refractivity contribution in [3.8, 4) is 0 Å². The first kappa shape index (κ1) is 9.53. The van der Waals surface area contributed by atoms with Gasteiger partial charge in [-0.2, -0.15) is 0 Å². The Labute approximate surface area is 75.6 Å². The van der Waals surface area contributed by atoms with E-state index in [4.69, 9.17) is 0 Å². The van der Waals surface area contributed by atoms with Crippen LogP contribution in [0.4, 0.5) is 0 Å². The highest BCUT2D eigenvalue weighted by molar-refractivity contribution is 5.37. The van der Waals surface area contributed by atoms with Crippen LogP contribution in [0.1, 0.15) is 33.6 Å². The molecule has 0 aromatic heterocycles. The third-order valence-electron chi connectivity index (χ3n) is 2.35. The minimum atomic E-state index is 1.10. The van der Waals surface area contributed by atoms with Crippen LogP contribution in [0.5, 0.6) is 0 Å². The van der Waals surface area contributed by atoms with E-state index in [1.807, 2.05) is 13.8 Å². The molecule has 0 aromatic carbocycles. The number of allylic oxidation sites excluding steroid dienone is 1. The predicted octanol–water partition coefficient (Wildman–Crippen LogP) is 2.65. The summed E-state index contributed by atoms with van der Waals surface area (Å²) in [7, 11) is 0. The van der Waals surface area contributed by atoms with E-state index in [2.05, 4.69) is 18.3 Å². The number of hydrogen-bond donors (Lipinski definition) is 1. The molecule has 1 aliphatic heterocycles. The first-order chi connectivity index (χ1) is 5.86. The van der Waals surface area contributed by atoms with Crippen LogP contribution < -0.4 is 5.32 Å². The maximum atomic E-state index is 3.37. The number of nitrogens with one attached hydrogen (secondary N) is 1. The molecule has 0 saturated heterocycles. The fourth-order valence-electron chi connectivity index (χ4n) is 1.71. The molecule has 1 nitrogen and oxygen atoms in total. The zero-order valence-electron chi connectivity index (χ0n) is 8.41. The van der Waals surface area contributed by atoms with Crippen molar-refractivity contribution in [2.75, 3.05) is 13.1 Å². The van der Waals surface area contributed by atoms with Crippen LogP contribution in [0, 0.1) is 0 Å². The van der Waals surface area contributed by atoms with E-state index in [1.54, 1.807) is 16.7 Å². The molecule has 1 aliphatic carbocycles. The lowest BCUT2D eigenvalue weighted by Crippen LogP contribution is -2.08. The Kier molecular flexibility index (Phi) is 3.54. The SMILES string of the molecule is CC.CC1=CC2=C(CC1)CNC2. The summed E-state index contributed by atoms with van der Waals surface area (Å²) in [5.41, 5.74) is 4.75. The molecule has 0 saturated carbocycles. The lowest BCUT2D eigenvalue weighted by Gasteiger charge is -2.10. The Morgan fingerprint density at radius 2 is 1.92 bits per heavy atom. The van der Waals surface area contributed by atoms with Gasteiger partial charge >= 0.3 is 0 Å². The molecule has 0 aromatic rings. The molecule has 0 atom stereocenters. The average Bonchev–Trinajstić information content (AvgIpc) is 2.54. The molecule has 2 aliphatic rings. The van der Waals surface area contributed by atoms with Crippen molar-refractivity contribution in [1.82, 2.24) is 5.32 Å². The maximum absolute atomic E-state index is 3.37. The highest BCUT2D eigenvalue weighted by Gasteiger charge is 2.15. The molecule has 68 valence electrons. The first-order valence-corrected chi connectivity index (χ1v) is 4.95. The minimum absolute atomic E-state index is 1.10. The maximum Gasteiger partial charge on any atom is 0.0208 e. The standard InChI is InChI=1S/C9H13N.C2H6/c1-7-2-3-8-5-10-6-9(8)4-7;1-2/h4,10H,2-3,5-6H2,1H3;1-2H3. The van der Waals surface area contributed by atoms with Crippen LogP contribution in [0.2, 0.25) is 0 Å². The van der Waals surface area contributed by atoms with E-state index in [1.165, 1.54) is 12.8 Å². The third-order valence-corrected chi connectivity index (χ3v) is 2.35. The highest BCUT2D eigenvalue weighted by atomic mass is 14.9. The van der Waals surface area contributed by atoms with Crippen molar-refractivity contribution in [2.45, 2.75) is 33.6 Å². The van der Waals surface area contributed by atoms with Gasteiger partial charge < -0.3 is 5.32 Å². The molecule has 2 rings (SSSR count). The average molecular weight is 165 g/mol. The molecular formula is C11H19N. The van der Waals surface area contributed by atoms with Crippen molar-refractivity contribution >= 4 is 0 Å². The van der Waals surface area contributed by atoms with Gasteiger partial charge in [-0.1, -0.05) is 31.1 Å². The van der Waals surface area contributed by atoms with Crippen molar-refractivity contribution in [1.29, 1.82) is 0 Å². The monoisotopic (exact) mass is 165 g/mol. The Bertz CT molecular complexity index is 211. The normalized spacial score (nSPS) is 21.1. The molecule has 0 unspecified atom stereocenters. The quantitative estimate of drug-likeness (QED) is 0.582. The third kappa shape index (κ3) is 1.98. The largest absolute Gasteiger partial charge is 0.309 e. The van der Waals surface area contributed by atoms with Gasteiger partial charge in [0.05, 0.1) is 0 Å². The lowest BCUT2D eigenvalue weighted by atomic mass is 9.95. The fourth-order valence-corrected chi connectivity index (χ4v) is 1.71. The molecule has 0 amide bonds. The van der Waals surface area contributed by atoms with E-state index in [0.717, 1.165) is 13.1 Å².